The third kappa shape index (κ3) is 2.21. The molecule has 1 aliphatic rings. The second kappa shape index (κ2) is 4.39. The molecule has 6 heteroatoms. The van der Waals surface area contributed by atoms with Gasteiger partial charge in [0.2, 0.25) is 5.91 Å². The number of esters is 1. The molecule has 0 saturated carbocycles. The quantitative estimate of drug-likeness (QED) is 0.518. The molecule has 0 aromatic rings. The molecule has 80 valence electrons. The molecular weight excluding hydrogens is 188 g/mol. The zero-order valence-electron chi connectivity index (χ0n) is 7.97. The van der Waals surface area contributed by atoms with Gasteiger partial charge in [-0.25, -0.2) is 0 Å². The third-order valence-electron chi connectivity index (χ3n) is 2.34. The summed E-state index contributed by atoms with van der Waals surface area (Å²) in [6, 6.07) is -0.339. The molecule has 6 nitrogen and oxygen atoms in total. The first-order valence-electron chi connectivity index (χ1n) is 4.35. The Morgan fingerprint density at radius 2 is 2.36 bits per heavy atom. The van der Waals surface area contributed by atoms with Crippen molar-refractivity contribution in [1.29, 1.82) is 0 Å². The molecule has 3 N–H and O–H groups in total. The predicted octanol–water partition coefficient (Wildman–Crippen LogP) is -1.92. The minimum Gasteiger partial charge on any atom is -0.468 e. The Bertz CT molecular complexity index is 243. The minimum absolute atomic E-state index is 0.0924. The zero-order valence-corrected chi connectivity index (χ0v) is 7.97. The highest BCUT2D eigenvalue weighted by atomic mass is 16.5. The normalized spacial score (nSPS) is 23.7. The van der Waals surface area contributed by atoms with Gasteiger partial charge in [-0.3, -0.25) is 14.5 Å². The van der Waals surface area contributed by atoms with E-state index >= 15 is 0 Å². The summed E-state index contributed by atoms with van der Waals surface area (Å²) >= 11 is 0. The number of primary amides is 1. The first-order chi connectivity index (χ1) is 6.56. The Labute approximate surface area is 81.6 Å². The smallest absolute Gasteiger partial charge is 0.323 e. The van der Waals surface area contributed by atoms with Gasteiger partial charge in [0.25, 0.3) is 0 Å². The average molecular weight is 202 g/mol. The van der Waals surface area contributed by atoms with E-state index in [0.29, 0.717) is 13.0 Å². The number of hydrogen-bond acceptors (Lipinski definition) is 5. The number of ether oxygens (including phenoxy) is 1. The van der Waals surface area contributed by atoms with Crippen molar-refractivity contribution in [2.75, 3.05) is 20.2 Å². The lowest BCUT2D eigenvalue weighted by molar-refractivity contribution is -0.153. The first kappa shape index (κ1) is 10.9. The molecule has 0 aliphatic carbocycles. The van der Waals surface area contributed by atoms with Gasteiger partial charge in [-0.05, 0) is 6.42 Å². The molecule has 0 spiro atoms. The summed E-state index contributed by atoms with van der Waals surface area (Å²) in [5.41, 5.74) is 4.89. The monoisotopic (exact) mass is 202 g/mol. The van der Waals surface area contributed by atoms with Crippen LogP contribution in [0.2, 0.25) is 0 Å². The van der Waals surface area contributed by atoms with E-state index in [1.807, 2.05) is 0 Å². The highest BCUT2D eigenvalue weighted by Crippen LogP contribution is 2.18. The Hall–Kier alpha value is -1.14. The molecule has 1 aliphatic heterocycles. The second-order valence-corrected chi connectivity index (χ2v) is 3.24. The van der Waals surface area contributed by atoms with Crippen LogP contribution in [0.3, 0.4) is 0 Å². The van der Waals surface area contributed by atoms with Crippen LogP contribution in [0.1, 0.15) is 6.42 Å². The van der Waals surface area contributed by atoms with Gasteiger partial charge < -0.3 is 15.6 Å². The van der Waals surface area contributed by atoms with Crippen LogP contribution in [-0.4, -0.2) is 54.2 Å². The maximum atomic E-state index is 11.1. The molecule has 1 fully saturated rings. The van der Waals surface area contributed by atoms with Gasteiger partial charge in [-0.2, -0.15) is 0 Å². The molecule has 2 atom stereocenters. The van der Waals surface area contributed by atoms with E-state index in [9.17, 15) is 9.59 Å². The van der Waals surface area contributed by atoms with Gasteiger partial charge in [0, 0.05) is 13.1 Å². The van der Waals surface area contributed by atoms with Crippen LogP contribution in [0, 0.1) is 0 Å². The SMILES string of the molecule is COC(=O)C1CCN1CC(O)C(N)=O. The van der Waals surface area contributed by atoms with Crippen molar-refractivity contribution < 1.29 is 19.4 Å². The molecule has 1 amide bonds. The number of nitrogens with zero attached hydrogens (tertiary/aromatic N) is 1. The van der Waals surface area contributed by atoms with E-state index < -0.39 is 12.0 Å². The van der Waals surface area contributed by atoms with Crippen molar-refractivity contribution in [3.05, 3.63) is 0 Å². The summed E-state index contributed by atoms with van der Waals surface area (Å²) in [4.78, 5) is 23.3. The van der Waals surface area contributed by atoms with Gasteiger partial charge >= 0.3 is 5.97 Å². The van der Waals surface area contributed by atoms with Crippen molar-refractivity contribution in [2.45, 2.75) is 18.6 Å². The van der Waals surface area contributed by atoms with Gasteiger partial charge in [-0.1, -0.05) is 0 Å². The summed E-state index contributed by atoms with van der Waals surface area (Å²) in [5, 5.41) is 9.17. The van der Waals surface area contributed by atoms with E-state index in [1.54, 1.807) is 4.90 Å². The molecule has 14 heavy (non-hydrogen) atoms. The lowest BCUT2D eigenvalue weighted by Crippen LogP contribution is -2.56. The highest BCUT2D eigenvalue weighted by Gasteiger charge is 2.36. The fourth-order valence-corrected chi connectivity index (χ4v) is 1.37. The molecule has 0 aromatic carbocycles. The van der Waals surface area contributed by atoms with E-state index in [2.05, 4.69) is 4.74 Å². The van der Waals surface area contributed by atoms with Crippen molar-refractivity contribution in [2.24, 2.45) is 5.73 Å². The fourth-order valence-electron chi connectivity index (χ4n) is 1.37. The summed E-state index contributed by atoms with van der Waals surface area (Å²) in [6.07, 6.45) is -0.527. The molecule has 0 aromatic heterocycles. The molecule has 1 saturated heterocycles. The van der Waals surface area contributed by atoms with Crippen molar-refractivity contribution in [3.8, 4) is 0 Å². The Morgan fingerprint density at radius 1 is 1.71 bits per heavy atom. The number of carbonyl (C=O) groups is 2. The predicted molar refractivity (Wildman–Crippen MR) is 47.2 cm³/mol. The third-order valence-corrected chi connectivity index (χ3v) is 2.34. The largest absolute Gasteiger partial charge is 0.468 e. The van der Waals surface area contributed by atoms with Crippen LogP contribution >= 0.6 is 0 Å². The number of carbonyl (C=O) groups excluding carboxylic acids is 2. The number of methoxy groups -OCH3 is 1. The summed E-state index contributed by atoms with van der Waals surface area (Å²) in [5.74, 6) is -1.12. The molecule has 0 radical (unpaired) electrons. The maximum absolute atomic E-state index is 11.1. The Kier molecular flexibility index (Phi) is 3.43. The van der Waals surface area contributed by atoms with Crippen LogP contribution in [0.25, 0.3) is 0 Å². The lowest BCUT2D eigenvalue weighted by atomic mass is 10.0. The van der Waals surface area contributed by atoms with E-state index in [0.717, 1.165) is 0 Å². The number of nitrogens with two attached hydrogens (primary N) is 1. The number of amides is 1. The molecule has 0 bridgehead atoms. The van der Waals surface area contributed by atoms with Gasteiger partial charge in [-0.15, -0.1) is 0 Å². The van der Waals surface area contributed by atoms with Crippen LogP contribution < -0.4 is 5.73 Å². The number of aliphatic hydroxyl groups is 1. The van der Waals surface area contributed by atoms with E-state index in [1.165, 1.54) is 7.11 Å². The van der Waals surface area contributed by atoms with Crippen LogP contribution in [0.5, 0.6) is 0 Å². The minimum atomic E-state index is -1.22. The number of β-amino-alcohol motifs (C(OH)–C–C–N with tert-alkyl or cyclic N) is 1. The number of rotatable bonds is 4. The van der Waals surface area contributed by atoms with Crippen molar-refractivity contribution in [1.82, 2.24) is 4.90 Å². The van der Waals surface area contributed by atoms with Gasteiger partial charge in [0.15, 0.2) is 0 Å². The standard InChI is InChI=1S/C8H14N2O4/c1-14-8(13)5-2-3-10(5)4-6(11)7(9)12/h5-6,11H,2-4H2,1H3,(H2,9,12). The number of hydrogen-bond donors (Lipinski definition) is 2. The molecule has 1 rings (SSSR count). The average Bonchev–Trinajstić information content (AvgIpc) is 2.11. The van der Waals surface area contributed by atoms with Crippen LogP contribution in [0.4, 0.5) is 0 Å². The van der Waals surface area contributed by atoms with Gasteiger partial charge in [0.05, 0.1) is 7.11 Å². The second-order valence-electron chi connectivity index (χ2n) is 3.24. The highest BCUT2D eigenvalue weighted by molar-refractivity contribution is 5.79. The number of likely N-dealkylation sites (tertiary alicyclic amines) is 1. The van der Waals surface area contributed by atoms with Crippen LogP contribution in [0.15, 0.2) is 0 Å². The summed E-state index contributed by atoms with van der Waals surface area (Å²) in [6.45, 7) is 0.763. The molecular formula is C8H14N2O4. The zero-order chi connectivity index (χ0) is 10.7. The lowest BCUT2D eigenvalue weighted by Gasteiger charge is -2.39. The molecule has 1 heterocycles. The Balaban J connectivity index is 2.40. The fraction of sp³-hybridized carbons (Fsp3) is 0.750. The first-order valence-corrected chi connectivity index (χ1v) is 4.35. The topological polar surface area (TPSA) is 92.9 Å². The molecule has 2 unspecified atom stereocenters. The van der Waals surface area contributed by atoms with E-state index in [-0.39, 0.29) is 18.6 Å². The summed E-state index contributed by atoms with van der Waals surface area (Å²) in [7, 11) is 1.31. The maximum Gasteiger partial charge on any atom is 0.323 e. The number of aliphatic hydroxyl groups excluding tert-OH is 1. The van der Waals surface area contributed by atoms with Crippen LogP contribution in [-0.2, 0) is 14.3 Å². The Morgan fingerprint density at radius 3 is 2.71 bits per heavy atom. The summed E-state index contributed by atoms with van der Waals surface area (Å²) < 4.78 is 4.55. The van der Waals surface area contributed by atoms with Crippen molar-refractivity contribution in [3.63, 3.8) is 0 Å². The van der Waals surface area contributed by atoms with Crippen molar-refractivity contribution >= 4 is 11.9 Å². The van der Waals surface area contributed by atoms with Gasteiger partial charge in [0.1, 0.15) is 12.1 Å². The van der Waals surface area contributed by atoms with E-state index in [4.69, 9.17) is 10.8 Å².